The van der Waals surface area contributed by atoms with Crippen molar-refractivity contribution in [2.24, 2.45) is 5.73 Å². The Kier molecular flexibility index (Phi) is 3.31. The minimum absolute atomic E-state index is 0.160. The molecular formula is C12H14FN3. The Hall–Kier alpha value is -1.68. The van der Waals surface area contributed by atoms with E-state index in [-0.39, 0.29) is 5.82 Å². The second-order valence-electron chi connectivity index (χ2n) is 3.62. The van der Waals surface area contributed by atoms with Crippen LogP contribution in [0.1, 0.15) is 17.0 Å². The summed E-state index contributed by atoms with van der Waals surface area (Å²) >= 11 is 0. The minimum Gasteiger partial charge on any atom is -0.347 e. The number of nitrogens with one attached hydrogen (secondary N) is 1. The van der Waals surface area contributed by atoms with E-state index in [0.717, 1.165) is 11.4 Å². The van der Waals surface area contributed by atoms with Gasteiger partial charge in [0.1, 0.15) is 5.82 Å². The van der Waals surface area contributed by atoms with Gasteiger partial charge in [-0.2, -0.15) is 0 Å². The molecule has 1 aromatic heterocycles. The predicted molar refractivity (Wildman–Crippen MR) is 60.3 cm³/mol. The number of H-pyrrole nitrogens is 1. The molecule has 2 rings (SSSR count). The second kappa shape index (κ2) is 4.90. The van der Waals surface area contributed by atoms with Gasteiger partial charge in [0.15, 0.2) is 0 Å². The lowest BCUT2D eigenvalue weighted by atomic mass is 10.1. The number of nitrogens with two attached hydrogens (primary N) is 1. The van der Waals surface area contributed by atoms with Crippen molar-refractivity contribution in [3.05, 3.63) is 53.4 Å². The predicted octanol–water partition coefficient (Wildman–Crippen LogP) is 1.79. The number of hydrogen-bond acceptors (Lipinski definition) is 2. The topological polar surface area (TPSA) is 54.7 Å². The lowest BCUT2D eigenvalue weighted by molar-refractivity contribution is 0.608. The molecule has 0 fully saturated rings. The first-order valence-corrected chi connectivity index (χ1v) is 5.26. The number of imidazole rings is 1. The Bertz CT molecular complexity index is 465. The third kappa shape index (κ3) is 2.28. The molecule has 16 heavy (non-hydrogen) atoms. The molecule has 84 valence electrons. The van der Waals surface area contributed by atoms with Crippen LogP contribution in [0.2, 0.25) is 0 Å². The largest absolute Gasteiger partial charge is 0.347 e. The maximum Gasteiger partial charge on any atom is 0.126 e. The maximum atomic E-state index is 13.3. The van der Waals surface area contributed by atoms with E-state index in [9.17, 15) is 4.39 Å². The van der Waals surface area contributed by atoms with Crippen LogP contribution in [0.5, 0.6) is 0 Å². The summed E-state index contributed by atoms with van der Waals surface area (Å²) in [6, 6.07) is 6.80. The SMILES string of the molecule is NCc1[nH]cnc1CCc1ccccc1F. The van der Waals surface area contributed by atoms with Crippen LogP contribution < -0.4 is 5.73 Å². The van der Waals surface area contributed by atoms with Crippen LogP contribution in [0, 0.1) is 5.82 Å². The molecule has 0 unspecified atom stereocenters. The summed E-state index contributed by atoms with van der Waals surface area (Å²) in [6.45, 7) is 0.437. The van der Waals surface area contributed by atoms with Crippen LogP contribution in [0.15, 0.2) is 30.6 Å². The van der Waals surface area contributed by atoms with Crippen molar-refractivity contribution in [1.82, 2.24) is 9.97 Å². The summed E-state index contributed by atoms with van der Waals surface area (Å²) in [7, 11) is 0. The Morgan fingerprint density at radius 3 is 2.81 bits per heavy atom. The van der Waals surface area contributed by atoms with Crippen LogP contribution >= 0.6 is 0 Å². The van der Waals surface area contributed by atoms with Crippen molar-refractivity contribution < 1.29 is 4.39 Å². The molecule has 0 spiro atoms. The van der Waals surface area contributed by atoms with E-state index < -0.39 is 0 Å². The van der Waals surface area contributed by atoms with E-state index in [1.54, 1.807) is 18.5 Å². The lowest BCUT2D eigenvalue weighted by Gasteiger charge is -2.02. The highest BCUT2D eigenvalue weighted by Gasteiger charge is 2.06. The molecule has 0 saturated heterocycles. The van der Waals surface area contributed by atoms with E-state index in [4.69, 9.17) is 5.73 Å². The number of halogens is 1. The zero-order chi connectivity index (χ0) is 11.4. The van der Waals surface area contributed by atoms with Crippen LogP contribution in [-0.2, 0) is 19.4 Å². The van der Waals surface area contributed by atoms with Crippen LogP contribution in [0.3, 0.4) is 0 Å². The average Bonchev–Trinajstić information content (AvgIpc) is 2.75. The number of hydrogen-bond donors (Lipinski definition) is 2. The number of rotatable bonds is 4. The van der Waals surface area contributed by atoms with E-state index in [1.165, 1.54) is 6.07 Å². The third-order valence-corrected chi connectivity index (χ3v) is 2.60. The van der Waals surface area contributed by atoms with Crippen molar-refractivity contribution in [3.8, 4) is 0 Å². The average molecular weight is 219 g/mol. The first-order chi connectivity index (χ1) is 7.81. The summed E-state index contributed by atoms with van der Waals surface area (Å²) in [4.78, 5) is 7.15. The molecule has 1 heterocycles. The molecule has 0 atom stereocenters. The Morgan fingerprint density at radius 2 is 2.06 bits per heavy atom. The van der Waals surface area contributed by atoms with Crippen molar-refractivity contribution in [3.63, 3.8) is 0 Å². The molecular weight excluding hydrogens is 205 g/mol. The van der Waals surface area contributed by atoms with Crippen LogP contribution in [0.25, 0.3) is 0 Å². The molecule has 0 radical (unpaired) electrons. The normalized spacial score (nSPS) is 10.6. The molecule has 0 aliphatic heterocycles. The number of benzene rings is 1. The fourth-order valence-electron chi connectivity index (χ4n) is 1.70. The fraction of sp³-hybridized carbons (Fsp3) is 0.250. The number of aromatic amines is 1. The van der Waals surface area contributed by atoms with Crippen molar-refractivity contribution in [2.75, 3.05) is 0 Å². The summed E-state index contributed by atoms with van der Waals surface area (Å²) < 4.78 is 13.3. The molecule has 0 saturated carbocycles. The smallest absolute Gasteiger partial charge is 0.126 e. The maximum absolute atomic E-state index is 13.3. The van der Waals surface area contributed by atoms with E-state index in [0.29, 0.717) is 24.9 Å². The fourth-order valence-corrected chi connectivity index (χ4v) is 1.70. The van der Waals surface area contributed by atoms with E-state index in [1.807, 2.05) is 6.07 Å². The van der Waals surface area contributed by atoms with Gasteiger partial charge in [0.2, 0.25) is 0 Å². The van der Waals surface area contributed by atoms with Crippen LogP contribution in [0.4, 0.5) is 4.39 Å². The summed E-state index contributed by atoms with van der Waals surface area (Å²) in [6.07, 6.45) is 2.97. The molecule has 3 nitrogen and oxygen atoms in total. The first-order valence-electron chi connectivity index (χ1n) is 5.26. The molecule has 4 heteroatoms. The van der Waals surface area contributed by atoms with Gasteiger partial charge >= 0.3 is 0 Å². The molecule has 2 aromatic rings. The Labute approximate surface area is 93.5 Å². The van der Waals surface area contributed by atoms with Crippen molar-refractivity contribution in [1.29, 1.82) is 0 Å². The second-order valence-corrected chi connectivity index (χ2v) is 3.62. The van der Waals surface area contributed by atoms with Crippen molar-refractivity contribution >= 4 is 0 Å². The molecule has 0 amide bonds. The zero-order valence-corrected chi connectivity index (χ0v) is 8.91. The highest BCUT2D eigenvalue weighted by Crippen LogP contribution is 2.11. The summed E-state index contributed by atoms with van der Waals surface area (Å²) in [5.74, 6) is -0.160. The monoisotopic (exact) mass is 219 g/mol. The lowest BCUT2D eigenvalue weighted by Crippen LogP contribution is -2.03. The van der Waals surface area contributed by atoms with Crippen molar-refractivity contribution in [2.45, 2.75) is 19.4 Å². The zero-order valence-electron chi connectivity index (χ0n) is 8.91. The van der Waals surface area contributed by atoms with Gasteiger partial charge in [-0.25, -0.2) is 9.37 Å². The summed E-state index contributed by atoms with van der Waals surface area (Å²) in [5, 5.41) is 0. The third-order valence-electron chi connectivity index (χ3n) is 2.60. The van der Waals surface area contributed by atoms with Gasteiger partial charge in [0.05, 0.1) is 17.7 Å². The van der Waals surface area contributed by atoms with E-state index in [2.05, 4.69) is 9.97 Å². The molecule has 1 aromatic carbocycles. The van der Waals surface area contributed by atoms with Crippen LogP contribution in [-0.4, -0.2) is 9.97 Å². The van der Waals surface area contributed by atoms with Gasteiger partial charge < -0.3 is 10.7 Å². The molecule has 0 aliphatic carbocycles. The summed E-state index contributed by atoms with van der Waals surface area (Å²) in [5.41, 5.74) is 8.11. The number of aromatic nitrogens is 2. The van der Waals surface area contributed by atoms with Gasteiger partial charge in [-0.15, -0.1) is 0 Å². The highest BCUT2D eigenvalue weighted by molar-refractivity contribution is 5.20. The molecule has 0 bridgehead atoms. The minimum atomic E-state index is -0.160. The Balaban J connectivity index is 2.05. The molecule has 3 N–H and O–H groups in total. The van der Waals surface area contributed by atoms with Gasteiger partial charge in [-0.1, -0.05) is 18.2 Å². The Morgan fingerprint density at radius 1 is 1.25 bits per heavy atom. The molecule has 0 aliphatic rings. The number of aryl methyl sites for hydroxylation is 2. The van der Waals surface area contributed by atoms with Gasteiger partial charge in [0.25, 0.3) is 0 Å². The van der Waals surface area contributed by atoms with Gasteiger partial charge in [-0.05, 0) is 24.5 Å². The quantitative estimate of drug-likeness (QED) is 0.823. The van der Waals surface area contributed by atoms with Gasteiger partial charge in [0, 0.05) is 6.54 Å². The first kappa shape index (κ1) is 10.8. The number of nitrogens with zero attached hydrogens (tertiary/aromatic N) is 1. The highest BCUT2D eigenvalue weighted by atomic mass is 19.1. The van der Waals surface area contributed by atoms with Gasteiger partial charge in [-0.3, -0.25) is 0 Å². The van der Waals surface area contributed by atoms with E-state index >= 15 is 0 Å². The standard InChI is InChI=1S/C12H14FN3/c13-10-4-2-1-3-9(10)5-6-11-12(7-14)16-8-15-11/h1-4,8H,5-7,14H2,(H,15,16).